The summed E-state index contributed by atoms with van der Waals surface area (Å²) in [4.78, 5) is 13.2. The largest absolute Gasteiger partial charge is 0.573 e. The topological polar surface area (TPSA) is 84.6 Å². The van der Waals surface area contributed by atoms with E-state index in [1.165, 1.54) is 42.7 Å². The van der Waals surface area contributed by atoms with Crippen LogP contribution in [0.25, 0.3) is 0 Å². The molecule has 0 saturated carbocycles. The van der Waals surface area contributed by atoms with Gasteiger partial charge >= 0.3 is 6.36 Å². The summed E-state index contributed by atoms with van der Waals surface area (Å²) in [7, 11) is 0. The molecule has 0 aliphatic rings. The average molecular weight is 461 g/mol. The van der Waals surface area contributed by atoms with Gasteiger partial charge in [-0.1, -0.05) is 23.2 Å². The van der Waals surface area contributed by atoms with Crippen LogP contribution in [0.5, 0.6) is 17.2 Å². The van der Waals surface area contributed by atoms with Gasteiger partial charge < -0.3 is 14.8 Å². The van der Waals surface area contributed by atoms with Gasteiger partial charge in [-0.25, -0.2) is 0 Å². The number of alkyl halides is 3. The molecule has 2 N–H and O–H groups in total. The van der Waals surface area contributed by atoms with Gasteiger partial charge in [0.25, 0.3) is 12.1 Å². The van der Waals surface area contributed by atoms with E-state index in [4.69, 9.17) is 33.1 Å². The smallest absolute Gasteiger partial charge is 0.456 e. The Morgan fingerprint density at radius 3 is 2.30 bits per heavy atom. The van der Waals surface area contributed by atoms with Crippen LogP contribution in [0.1, 0.15) is 10.4 Å². The Balaban J connectivity index is 1.84. The van der Waals surface area contributed by atoms with Crippen LogP contribution in [0.2, 0.25) is 10.0 Å². The molecule has 2 aromatic carbocycles. The van der Waals surface area contributed by atoms with Crippen molar-refractivity contribution < 1.29 is 37.5 Å². The van der Waals surface area contributed by atoms with Gasteiger partial charge in [-0.15, -0.1) is 13.2 Å². The fourth-order valence-corrected chi connectivity index (χ4v) is 2.57. The van der Waals surface area contributed by atoms with Crippen molar-refractivity contribution in [2.24, 2.45) is 0 Å². The molecule has 0 fully saturated rings. The number of carbonyl (C=O) groups excluding carboxylic acids is 1. The zero-order valence-electron chi connectivity index (χ0n) is 14.7. The summed E-state index contributed by atoms with van der Waals surface area (Å²) in [5, 5.41) is 15.4. The van der Waals surface area contributed by atoms with E-state index in [9.17, 15) is 18.0 Å². The van der Waals surface area contributed by atoms with Gasteiger partial charge in [0, 0.05) is 17.2 Å². The van der Waals surface area contributed by atoms with Gasteiger partial charge in [0.05, 0.1) is 21.3 Å². The molecule has 1 heterocycles. The average Bonchev–Trinajstić information content (AvgIpc) is 2.66. The zero-order valence-corrected chi connectivity index (χ0v) is 16.2. The predicted molar refractivity (Wildman–Crippen MR) is 99.2 cm³/mol. The fourth-order valence-electron chi connectivity index (χ4n) is 2.25. The minimum Gasteiger partial charge on any atom is -0.456 e. The number of hydrogen-bond donors (Lipinski definition) is 2. The van der Waals surface area contributed by atoms with E-state index in [1.54, 1.807) is 0 Å². The number of amides is 1. The Kier molecular flexibility index (Phi) is 6.18. The van der Waals surface area contributed by atoms with Crippen molar-refractivity contribution in [1.82, 2.24) is 5.10 Å². The molecule has 1 amide bonds. The van der Waals surface area contributed by atoms with Crippen LogP contribution in [0.3, 0.4) is 0 Å². The van der Waals surface area contributed by atoms with Gasteiger partial charge in [-0.2, -0.15) is 0 Å². The second kappa shape index (κ2) is 8.64. The van der Waals surface area contributed by atoms with Crippen LogP contribution in [-0.2, 0) is 0 Å². The van der Waals surface area contributed by atoms with Crippen LogP contribution in [-0.4, -0.2) is 22.6 Å². The molecule has 0 aliphatic heterocycles. The fraction of sp³-hybridized carbons (Fsp3) is 0.0556. The number of aromatic nitrogens is 2. The quantitative estimate of drug-likeness (QED) is 0.419. The van der Waals surface area contributed by atoms with E-state index < -0.39 is 18.0 Å². The third kappa shape index (κ3) is 5.65. The molecular weight excluding hydrogens is 450 g/mol. The van der Waals surface area contributed by atoms with Gasteiger partial charge in [-0.05, 0) is 30.3 Å². The summed E-state index contributed by atoms with van der Waals surface area (Å²) < 4.78 is 46.2. The summed E-state index contributed by atoms with van der Waals surface area (Å²) in [6.45, 7) is 0. The molecule has 156 valence electrons. The number of benzene rings is 2. The van der Waals surface area contributed by atoms with Gasteiger partial charge in [-0.3, -0.25) is 10.0 Å². The van der Waals surface area contributed by atoms with Crippen molar-refractivity contribution in [1.29, 1.82) is 0 Å². The van der Waals surface area contributed by atoms with Crippen molar-refractivity contribution in [2.45, 2.75) is 6.36 Å². The van der Waals surface area contributed by atoms with Crippen molar-refractivity contribution in [3.05, 3.63) is 70.5 Å². The van der Waals surface area contributed by atoms with E-state index in [1.807, 2.05) is 0 Å². The standard InChI is InChI=1S/C18H10Cl2F3N3O4/c19-14-7-13(17(27)25-10-5-6-26(28)24-9-10)16(8-15(14)20)29-11-1-3-12(4-2-11)30-18(21,22)23/h1-9,28H/p+1. The molecule has 0 saturated heterocycles. The van der Waals surface area contributed by atoms with Crippen LogP contribution in [0, 0.1) is 0 Å². The van der Waals surface area contributed by atoms with E-state index >= 15 is 0 Å². The third-order valence-electron chi connectivity index (χ3n) is 3.51. The molecule has 0 aliphatic carbocycles. The van der Waals surface area contributed by atoms with Crippen molar-refractivity contribution in [3.8, 4) is 17.2 Å². The Hall–Kier alpha value is -3.24. The molecule has 0 spiro atoms. The molecular formula is C18H11Cl2F3N3O4+. The number of rotatable bonds is 5. The summed E-state index contributed by atoms with van der Waals surface area (Å²) in [6.07, 6.45) is -2.42. The monoisotopic (exact) mass is 460 g/mol. The normalized spacial score (nSPS) is 11.1. The maximum Gasteiger partial charge on any atom is 0.573 e. The van der Waals surface area contributed by atoms with Crippen molar-refractivity contribution in [2.75, 3.05) is 5.32 Å². The van der Waals surface area contributed by atoms with Crippen LogP contribution in [0.15, 0.2) is 54.9 Å². The van der Waals surface area contributed by atoms with E-state index in [0.29, 0.717) is 4.85 Å². The maximum absolute atomic E-state index is 12.6. The van der Waals surface area contributed by atoms with Crippen molar-refractivity contribution >= 4 is 34.8 Å². The Labute approximate surface area is 177 Å². The van der Waals surface area contributed by atoms with E-state index in [2.05, 4.69) is 15.2 Å². The molecule has 7 nitrogen and oxygen atoms in total. The lowest BCUT2D eigenvalue weighted by molar-refractivity contribution is -0.948. The molecule has 1 aromatic heterocycles. The number of nitrogens with zero attached hydrogens (tertiary/aromatic N) is 2. The summed E-state index contributed by atoms with van der Waals surface area (Å²) in [5.41, 5.74) is 0.275. The van der Waals surface area contributed by atoms with Gasteiger partial charge in [0.2, 0.25) is 0 Å². The molecule has 0 atom stereocenters. The number of carbonyl (C=O) groups is 1. The number of nitrogens with one attached hydrogen (secondary N) is 1. The first-order chi connectivity index (χ1) is 14.1. The number of halogens is 5. The van der Waals surface area contributed by atoms with Gasteiger partial charge in [0.1, 0.15) is 28.3 Å². The Morgan fingerprint density at radius 1 is 1.07 bits per heavy atom. The van der Waals surface area contributed by atoms with E-state index in [-0.39, 0.29) is 32.8 Å². The zero-order chi connectivity index (χ0) is 21.9. The Bertz CT molecular complexity index is 1060. The predicted octanol–water partition coefficient (Wildman–Crippen LogP) is 4.86. The number of hydrogen-bond acceptors (Lipinski definition) is 5. The minimum atomic E-state index is -4.82. The summed E-state index contributed by atoms with van der Waals surface area (Å²) >= 11 is 12.0. The highest BCUT2D eigenvalue weighted by atomic mass is 35.5. The summed E-state index contributed by atoms with van der Waals surface area (Å²) in [5.74, 6) is -0.926. The molecule has 12 heteroatoms. The van der Waals surface area contributed by atoms with Crippen LogP contribution in [0.4, 0.5) is 18.9 Å². The lowest BCUT2D eigenvalue weighted by Crippen LogP contribution is -2.33. The second-order valence-corrected chi connectivity index (χ2v) is 6.49. The van der Waals surface area contributed by atoms with Crippen LogP contribution < -0.4 is 19.6 Å². The Morgan fingerprint density at radius 2 is 1.70 bits per heavy atom. The highest BCUT2D eigenvalue weighted by molar-refractivity contribution is 6.42. The molecule has 0 radical (unpaired) electrons. The third-order valence-corrected chi connectivity index (χ3v) is 4.23. The molecule has 3 rings (SSSR count). The SMILES string of the molecule is O=C(Nc1cc[n+](O)nc1)c1cc(Cl)c(Cl)cc1Oc1ccc(OC(F)(F)F)cc1. The number of ether oxygens (including phenoxy) is 2. The van der Waals surface area contributed by atoms with E-state index in [0.717, 1.165) is 12.1 Å². The highest BCUT2D eigenvalue weighted by Crippen LogP contribution is 2.35. The van der Waals surface area contributed by atoms with Crippen LogP contribution >= 0.6 is 23.2 Å². The lowest BCUT2D eigenvalue weighted by atomic mass is 10.1. The first-order valence-corrected chi connectivity index (χ1v) is 8.77. The first kappa shape index (κ1) is 21.5. The molecule has 0 unspecified atom stereocenters. The lowest BCUT2D eigenvalue weighted by Gasteiger charge is -2.13. The van der Waals surface area contributed by atoms with Gasteiger partial charge in [0.15, 0.2) is 0 Å². The highest BCUT2D eigenvalue weighted by Gasteiger charge is 2.31. The first-order valence-electron chi connectivity index (χ1n) is 8.02. The second-order valence-electron chi connectivity index (χ2n) is 5.67. The number of anilines is 1. The maximum atomic E-state index is 12.6. The molecule has 30 heavy (non-hydrogen) atoms. The minimum absolute atomic E-state index is 0.000691. The summed E-state index contributed by atoms with van der Waals surface area (Å²) in [6, 6.07) is 8.53. The molecule has 3 aromatic rings. The van der Waals surface area contributed by atoms with Crippen molar-refractivity contribution in [3.63, 3.8) is 0 Å². The molecule has 0 bridgehead atoms.